The van der Waals surface area contributed by atoms with Gasteiger partial charge in [-0.2, -0.15) is 0 Å². The predicted octanol–water partition coefficient (Wildman–Crippen LogP) is 3.72. The van der Waals surface area contributed by atoms with Gasteiger partial charge in [-0.05, 0) is 42.7 Å². The SMILES string of the molecule is CCCCCCn1c(SCC(=O)NCCc2ccc(S(N)(=O)=O)cc2)nc2ccccc21. The summed E-state index contributed by atoms with van der Waals surface area (Å²) in [7, 11) is -3.69. The molecular weight excluding hydrogens is 444 g/mol. The molecule has 9 heteroatoms. The summed E-state index contributed by atoms with van der Waals surface area (Å²) in [5.74, 6) is 0.239. The summed E-state index contributed by atoms with van der Waals surface area (Å²) in [5.41, 5.74) is 2.99. The monoisotopic (exact) mass is 474 g/mol. The fourth-order valence-corrected chi connectivity index (χ4v) is 4.84. The molecule has 3 N–H and O–H groups in total. The van der Waals surface area contributed by atoms with Crippen LogP contribution in [0.25, 0.3) is 11.0 Å². The highest BCUT2D eigenvalue weighted by molar-refractivity contribution is 7.99. The molecule has 1 amide bonds. The lowest BCUT2D eigenvalue weighted by molar-refractivity contribution is -0.118. The van der Waals surface area contributed by atoms with Crippen molar-refractivity contribution < 1.29 is 13.2 Å². The Hall–Kier alpha value is -2.36. The molecule has 0 radical (unpaired) electrons. The molecule has 172 valence electrons. The maximum atomic E-state index is 12.4. The summed E-state index contributed by atoms with van der Waals surface area (Å²) in [6.45, 7) is 3.58. The molecule has 1 aromatic heterocycles. The van der Waals surface area contributed by atoms with E-state index in [-0.39, 0.29) is 10.8 Å². The number of hydrogen-bond acceptors (Lipinski definition) is 5. The van der Waals surface area contributed by atoms with E-state index in [4.69, 9.17) is 10.1 Å². The van der Waals surface area contributed by atoms with Crippen molar-refractivity contribution in [1.29, 1.82) is 0 Å². The molecule has 0 bridgehead atoms. The van der Waals surface area contributed by atoms with Crippen LogP contribution in [0.5, 0.6) is 0 Å². The van der Waals surface area contributed by atoms with Gasteiger partial charge < -0.3 is 9.88 Å². The summed E-state index contributed by atoms with van der Waals surface area (Å²) in [6.07, 6.45) is 5.31. The van der Waals surface area contributed by atoms with Crippen LogP contribution in [-0.2, 0) is 27.8 Å². The second-order valence-corrected chi connectivity index (χ2v) is 10.2. The van der Waals surface area contributed by atoms with Gasteiger partial charge in [-0.1, -0.05) is 62.2 Å². The second kappa shape index (κ2) is 11.5. The van der Waals surface area contributed by atoms with E-state index in [2.05, 4.69) is 22.9 Å². The Bertz CT molecular complexity index is 1140. The quantitative estimate of drug-likeness (QED) is 0.307. The van der Waals surface area contributed by atoms with Crippen molar-refractivity contribution in [2.24, 2.45) is 5.14 Å². The number of para-hydroxylation sites is 2. The third-order valence-corrected chi connectivity index (χ3v) is 7.08. The van der Waals surface area contributed by atoms with Gasteiger partial charge in [0.1, 0.15) is 0 Å². The van der Waals surface area contributed by atoms with Gasteiger partial charge in [-0.25, -0.2) is 18.5 Å². The number of nitrogens with two attached hydrogens (primary N) is 1. The normalized spacial score (nSPS) is 11.7. The molecule has 0 unspecified atom stereocenters. The Morgan fingerprint density at radius 2 is 1.84 bits per heavy atom. The molecule has 3 aromatic rings. The lowest BCUT2D eigenvalue weighted by atomic mass is 10.1. The molecule has 2 aromatic carbocycles. The summed E-state index contributed by atoms with van der Waals surface area (Å²) in [6, 6.07) is 14.5. The van der Waals surface area contributed by atoms with E-state index in [0.717, 1.165) is 34.7 Å². The molecule has 0 aliphatic rings. The van der Waals surface area contributed by atoms with Gasteiger partial charge in [0.25, 0.3) is 0 Å². The number of nitrogens with one attached hydrogen (secondary N) is 1. The van der Waals surface area contributed by atoms with E-state index in [1.54, 1.807) is 12.1 Å². The standard InChI is InChI=1S/C23H30N4O3S2/c1-2-3-4-7-16-27-21-9-6-5-8-20(21)26-23(27)31-17-22(28)25-15-14-18-10-12-19(13-11-18)32(24,29)30/h5-6,8-13H,2-4,7,14-17H2,1H3,(H,25,28)(H2,24,29,30). The lowest BCUT2D eigenvalue weighted by Crippen LogP contribution is -2.27. The zero-order chi connectivity index (χ0) is 23.0. The molecule has 0 fully saturated rings. The van der Waals surface area contributed by atoms with Crippen LogP contribution < -0.4 is 10.5 Å². The number of carbonyl (C=O) groups excluding carboxylic acids is 1. The minimum Gasteiger partial charge on any atom is -0.355 e. The summed E-state index contributed by atoms with van der Waals surface area (Å²) in [5, 5.41) is 8.90. The number of hydrogen-bond donors (Lipinski definition) is 2. The number of sulfonamides is 1. The number of primary sulfonamides is 1. The summed E-state index contributed by atoms with van der Waals surface area (Å²) < 4.78 is 24.9. The fourth-order valence-electron chi connectivity index (χ4n) is 3.45. The van der Waals surface area contributed by atoms with E-state index in [1.165, 1.54) is 43.2 Å². The molecule has 1 heterocycles. The molecule has 0 saturated heterocycles. The van der Waals surface area contributed by atoms with Crippen molar-refractivity contribution in [3.05, 3.63) is 54.1 Å². The Morgan fingerprint density at radius 3 is 2.56 bits per heavy atom. The summed E-state index contributed by atoms with van der Waals surface area (Å²) >= 11 is 1.45. The first kappa shape index (κ1) is 24.3. The molecule has 32 heavy (non-hydrogen) atoms. The van der Waals surface area contributed by atoms with E-state index in [9.17, 15) is 13.2 Å². The van der Waals surface area contributed by atoms with Crippen molar-refractivity contribution >= 4 is 38.7 Å². The average molecular weight is 475 g/mol. The van der Waals surface area contributed by atoms with Crippen LogP contribution in [-0.4, -0.2) is 36.2 Å². The highest BCUT2D eigenvalue weighted by atomic mass is 32.2. The van der Waals surface area contributed by atoms with Crippen LogP contribution in [0.15, 0.2) is 58.6 Å². The fraction of sp³-hybridized carbons (Fsp3) is 0.391. The van der Waals surface area contributed by atoms with Crippen LogP contribution in [0, 0.1) is 0 Å². The van der Waals surface area contributed by atoms with Crippen molar-refractivity contribution in [3.8, 4) is 0 Å². The van der Waals surface area contributed by atoms with E-state index >= 15 is 0 Å². The largest absolute Gasteiger partial charge is 0.355 e. The predicted molar refractivity (Wildman–Crippen MR) is 129 cm³/mol. The number of amides is 1. The molecule has 0 aliphatic heterocycles. The van der Waals surface area contributed by atoms with Gasteiger partial charge >= 0.3 is 0 Å². The zero-order valence-corrected chi connectivity index (χ0v) is 19.9. The number of fused-ring (bicyclic) bond motifs is 1. The maximum absolute atomic E-state index is 12.4. The Labute approximate surface area is 193 Å². The lowest BCUT2D eigenvalue weighted by Gasteiger charge is -2.09. The Balaban J connectivity index is 1.52. The minimum atomic E-state index is -3.69. The van der Waals surface area contributed by atoms with Crippen molar-refractivity contribution in [2.45, 2.75) is 55.6 Å². The molecule has 7 nitrogen and oxygen atoms in total. The van der Waals surface area contributed by atoms with Crippen LogP contribution in [0.2, 0.25) is 0 Å². The first-order valence-corrected chi connectivity index (χ1v) is 13.4. The van der Waals surface area contributed by atoms with Gasteiger partial charge in [0.05, 0.1) is 21.7 Å². The Morgan fingerprint density at radius 1 is 1.09 bits per heavy atom. The van der Waals surface area contributed by atoms with Gasteiger partial charge in [0.2, 0.25) is 15.9 Å². The van der Waals surface area contributed by atoms with Gasteiger partial charge in [-0.15, -0.1) is 0 Å². The first-order valence-electron chi connectivity index (χ1n) is 10.8. The molecule has 0 atom stereocenters. The van der Waals surface area contributed by atoms with Crippen LogP contribution >= 0.6 is 11.8 Å². The number of aromatic nitrogens is 2. The highest BCUT2D eigenvalue weighted by Gasteiger charge is 2.13. The summed E-state index contributed by atoms with van der Waals surface area (Å²) in [4.78, 5) is 17.2. The molecule has 0 aliphatic carbocycles. The highest BCUT2D eigenvalue weighted by Crippen LogP contribution is 2.24. The third kappa shape index (κ3) is 6.82. The molecule has 3 rings (SSSR count). The van der Waals surface area contributed by atoms with Crippen LogP contribution in [0.4, 0.5) is 0 Å². The van der Waals surface area contributed by atoms with Gasteiger partial charge in [0.15, 0.2) is 5.16 Å². The average Bonchev–Trinajstić information content (AvgIpc) is 3.12. The number of carbonyl (C=O) groups is 1. The van der Waals surface area contributed by atoms with Gasteiger partial charge in [-0.3, -0.25) is 4.79 Å². The molecule has 0 saturated carbocycles. The van der Waals surface area contributed by atoms with Crippen molar-refractivity contribution in [3.63, 3.8) is 0 Å². The zero-order valence-electron chi connectivity index (χ0n) is 18.3. The molecule has 0 spiro atoms. The number of imidazole rings is 1. The van der Waals surface area contributed by atoms with Crippen molar-refractivity contribution in [2.75, 3.05) is 12.3 Å². The number of rotatable bonds is 12. The number of unbranched alkanes of at least 4 members (excludes halogenated alkanes) is 3. The maximum Gasteiger partial charge on any atom is 0.238 e. The number of nitrogens with zero attached hydrogens (tertiary/aromatic N) is 2. The molecular formula is C23H30N4O3S2. The topological polar surface area (TPSA) is 107 Å². The Kier molecular flexibility index (Phi) is 8.72. The van der Waals surface area contributed by atoms with E-state index < -0.39 is 10.0 Å². The van der Waals surface area contributed by atoms with Crippen molar-refractivity contribution in [1.82, 2.24) is 14.9 Å². The number of aryl methyl sites for hydroxylation is 1. The second-order valence-electron chi connectivity index (χ2n) is 7.67. The third-order valence-electron chi connectivity index (χ3n) is 5.17. The minimum absolute atomic E-state index is 0.0549. The van der Waals surface area contributed by atoms with E-state index in [0.29, 0.717) is 18.7 Å². The van der Waals surface area contributed by atoms with E-state index in [1.807, 2.05) is 18.2 Å². The number of thioether (sulfide) groups is 1. The van der Waals surface area contributed by atoms with Gasteiger partial charge in [0, 0.05) is 13.1 Å². The van der Waals surface area contributed by atoms with Crippen LogP contribution in [0.1, 0.15) is 38.2 Å². The smallest absolute Gasteiger partial charge is 0.238 e. The first-order chi connectivity index (χ1) is 15.4. The number of benzene rings is 2. The van der Waals surface area contributed by atoms with Crippen LogP contribution in [0.3, 0.4) is 0 Å².